The van der Waals surface area contributed by atoms with Gasteiger partial charge in [0.1, 0.15) is 0 Å². The van der Waals surface area contributed by atoms with Crippen molar-refractivity contribution >= 4 is 68.6 Å². The number of hydrogen-bond acceptors (Lipinski definition) is 4. The first kappa shape index (κ1) is 47.3. The van der Waals surface area contributed by atoms with Crippen molar-refractivity contribution in [1.82, 2.24) is 4.98 Å². The molecule has 7 aromatic rings. The maximum Gasteiger partial charge on any atom is 0.252 e. The van der Waals surface area contributed by atoms with Gasteiger partial charge in [-0.1, -0.05) is 157 Å². The van der Waals surface area contributed by atoms with Gasteiger partial charge in [0.25, 0.3) is 6.71 Å². The Labute approximate surface area is 426 Å². The normalized spacial score (nSPS) is 19.5. The lowest BCUT2D eigenvalue weighted by molar-refractivity contribution is 0.195. The van der Waals surface area contributed by atoms with Gasteiger partial charge >= 0.3 is 0 Å². The molecule has 0 spiro atoms. The summed E-state index contributed by atoms with van der Waals surface area (Å²) in [6.07, 6.45) is 8.64. The lowest BCUT2D eigenvalue weighted by Crippen LogP contribution is -2.61. The zero-order valence-electron chi connectivity index (χ0n) is 45.4. The van der Waals surface area contributed by atoms with Crippen LogP contribution in [-0.2, 0) is 27.1 Å². The van der Waals surface area contributed by atoms with Crippen LogP contribution in [0.4, 0.5) is 45.5 Å². The molecule has 71 heavy (non-hydrogen) atoms. The van der Waals surface area contributed by atoms with E-state index in [2.05, 4.69) is 245 Å². The summed E-state index contributed by atoms with van der Waals surface area (Å²) in [5, 5.41) is 0. The van der Waals surface area contributed by atoms with Crippen LogP contribution in [0.1, 0.15) is 156 Å². The third-order valence-electron chi connectivity index (χ3n) is 17.4. The minimum atomic E-state index is -0.119. The van der Waals surface area contributed by atoms with E-state index in [1.54, 1.807) is 0 Å². The molecular formula is C66H75BN4. The second-order valence-corrected chi connectivity index (χ2v) is 26.2. The highest BCUT2D eigenvalue weighted by Gasteiger charge is 2.58. The number of aromatic nitrogens is 1. The molecule has 1 aromatic heterocycles. The molecule has 2 unspecified atom stereocenters. The topological polar surface area (TPSA) is 22.6 Å². The second kappa shape index (κ2) is 16.0. The van der Waals surface area contributed by atoms with E-state index >= 15 is 0 Å². The third kappa shape index (κ3) is 7.41. The SMILES string of the molecule is Cc1cc(C(C)(C)C)ccc1N1c2ccc(C(C)(C)C)cc2B2c3ccc(N4c5ccc(-c6cccnc6)cc5C5(C)CCCCC45C)cc3N(c3ccc(C(C)(C)C)cc3)c3cc(C(C)(C)C)cc1c32. The number of pyridine rings is 1. The van der Waals surface area contributed by atoms with Crippen molar-refractivity contribution in [1.29, 1.82) is 0 Å². The Morgan fingerprint density at radius 1 is 0.479 bits per heavy atom. The summed E-state index contributed by atoms with van der Waals surface area (Å²) in [5.41, 5.74) is 24.5. The number of anilines is 8. The van der Waals surface area contributed by atoms with Crippen LogP contribution in [-0.4, -0.2) is 17.2 Å². The second-order valence-electron chi connectivity index (χ2n) is 26.2. The molecule has 362 valence electrons. The first-order valence-corrected chi connectivity index (χ1v) is 26.5. The Bertz CT molecular complexity index is 3250. The quantitative estimate of drug-likeness (QED) is 0.164. The van der Waals surface area contributed by atoms with Gasteiger partial charge in [-0.25, -0.2) is 0 Å². The van der Waals surface area contributed by atoms with Crippen molar-refractivity contribution in [2.24, 2.45) is 0 Å². The zero-order valence-corrected chi connectivity index (χ0v) is 45.4. The number of rotatable bonds is 4. The number of fused-ring (bicyclic) bond motifs is 7. The maximum absolute atomic E-state index is 4.52. The molecule has 0 saturated heterocycles. The standard InChI is InChI=1S/C66H75BN4/c1-42-35-46(62(5,6)7)23-30-54(42)70-56-31-24-47(63(8,9)10)37-53(56)67-52-28-27-50(71-55-29-20-43(44-19-18-34-68-41-44)36-51(55)65(14)32-16-17-33-66(65,71)15)40-57(52)69(49-25-21-45(22-26-49)61(2,3)4)58-38-48(64(11,12)13)39-59(70)60(58)67/h18-31,34-41H,16-17,32-33H2,1-15H3. The van der Waals surface area contributed by atoms with E-state index in [0.717, 1.165) is 12.8 Å². The lowest BCUT2D eigenvalue weighted by atomic mass is 9.33. The van der Waals surface area contributed by atoms with Gasteiger partial charge in [-0.2, -0.15) is 0 Å². The molecule has 0 radical (unpaired) electrons. The summed E-state index contributed by atoms with van der Waals surface area (Å²) < 4.78 is 0. The average molecular weight is 935 g/mol. The average Bonchev–Trinajstić information content (AvgIpc) is 3.52. The van der Waals surface area contributed by atoms with Crippen LogP contribution in [0.25, 0.3) is 11.1 Å². The molecule has 0 amide bonds. The third-order valence-corrected chi connectivity index (χ3v) is 17.4. The molecule has 5 heteroatoms. The van der Waals surface area contributed by atoms with Crippen LogP contribution in [0, 0.1) is 6.92 Å². The molecule has 1 fully saturated rings. The van der Waals surface area contributed by atoms with Crippen LogP contribution < -0.4 is 31.1 Å². The monoisotopic (exact) mass is 935 g/mol. The number of aryl methyl sites for hydroxylation is 1. The molecule has 4 heterocycles. The van der Waals surface area contributed by atoms with E-state index in [1.165, 1.54) is 119 Å². The van der Waals surface area contributed by atoms with Gasteiger partial charge in [-0.15, -0.1) is 0 Å². The Hall–Kier alpha value is -6.07. The van der Waals surface area contributed by atoms with Gasteiger partial charge in [-0.05, 0) is 176 Å². The van der Waals surface area contributed by atoms with Crippen molar-refractivity contribution in [3.05, 3.63) is 167 Å². The van der Waals surface area contributed by atoms with Crippen LogP contribution in [0.3, 0.4) is 0 Å². The van der Waals surface area contributed by atoms with Crippen molar-refractivity contribution < 1.29 is 0 Å². The van der Waals surface area contributed by atoms with Crippen molar-refractivity contribution in [3.8, 4) is 11.1 Å². The molecule has 4 aliphatic rings. The van der Waals surface area contributed by atoms with Gasteiger partial charge in [0, 0.05) is 63.3 Å². The molecule has 1 saturated carbocycles. The Balaban J connectivity index is 1.21. The van der Waals surface area contributed by atoms with Crippen LogP contribution in [0.15, 0.2) is 134 Å². The van der Waals surface area contributed by atoms with Gasteiger partial charge in [0.15, 0.2) is 0 Å². The van der Waals surface area contributed by atoms with E-state index < -0.39 is 0 Å². The van der Waals surface area contributed by atoms with Crippen LogP contribution >= 0.6 is 0 Å². The fraction of sp³-hybridized carbons (Fsp3) is 0.379. The van der Waals surface area contributed by atoms with Crippen LogP contribution in [0.5, 0.6) is 0 Å². The van der Waals surface area contributed by atoms with Gasteiger partial charge in [0.05, 0.1) is 5.54 Å². The minimum Gasteiger partial charge on any atom is -0.334 e. The molecule has 3 aliphatic heterocycles. The molecule has 2 atom stereocenters. The van der Waals surface area contributed by atoms with E-state index in [4.69, 9.17) is 0 Å². The van der Waals surface area contributed by atoms with E-state index in [0.29, 0.717) is 0 Å². The Morgan fingerprint density at radius 2 is 1.07 bits per heavy atom. The maximum atomic E-state index is 4.52. The van der Waals surface area contributed by atoms with Crippen LogP contribution in [0.2, 0.25) is 0 Å². The van der Waals surface area contributed by atoms with Crippen molar-refractivity contribution in [2.45, 2.75) is 162 Å². The molecule has 0 N–H and O–H groups in total. The predicted molar refractivity (Wildman–Crippen MR) is 306 cm³/mol. The summed E-state index contributed by atoms with van der Waals surface area (Å²) >= 11 is 0. The minimum absolute atomic E-state index is 0.00862. The molecular weight excluding hydrogens is 860 g/mol. The molecule has 4 nitrogen and oxygen atoms in total. The Kier molecular flexibility index (Phi) is 10.6. The van der Waals surface area contributed by atoms with E-state index in [1.807, 2.05) is 12.4 Å². The fourth-order valence-corrected chi connectivity index (χ4v) is 12.9. The summed E-state index contributed by atoms with van der Waals surface area (Å²) in [6, 6.07) is 48.3. The first-order valence-electron chi connectivity index (χ1n) is 26.5. The number of nitrogens with zero attached hydrogens (tertiary/aromatic N) is 4. The van der Waals surface area contributed by atoms with Crippen molar-refractivity contribution in [3.63, 3.8) is 0 Å². The summed E-state index contributed by atoms with van der Waals surface area (Å²) in [6.45, 7) is 35.6. The molecule has 1 aliphatic carbocycles. The summed E-state index contributed by atoms with van der Waals surface area (Å²) in [5.74, 6) is 0. The predicted octanol–water partition coefficient (Wildman–Crippen LogP) is 16.1. The summed E-state index contributed by atoms with van der Waals surface area (Å²) in [4.78, 5) is 12.6. The highest BCUT2D eigenvalue weighted by molar-refractivity contribution is 7.00. The number of hydrogen-bond donors (Lipinski definition) is 0. The van der Waals surface area contributed by atoms with Crippen molar-refractivity contribution in [2.75, 3.05) is 14.7 Å². The van der Waals surface area contributed by atoms with Gasteiger partial charge in [0.2, 0.25) is 0 Å². The molecule has 0 bridgehead atoms. The Morgan fingerprint density at radius 3 is 1.70 bits per heavy atom. The van der Waals surface area contributed by atoms with Gasteiger partial charge < -0.3 is 14.7 Å². The smallest absolute Gasteiger partial charge is 0.252 e. The first-order chi connectivity index (χ1) is 33.4. The summed E-state index contributed by atoms with van der Waals surface area (Å²) in [7, 11) is 0. The highest BCUT2D eigenvalue weighted by Crippen LogP contribution is 2.62. The zero-order chi connectivity index (χ0) is 50.4. The van der Waals surface area contributed by atoms with E-state index in [9.17, 15) is 0 Å². The highest BCUT2D eigenvalue weighted by atomic mass is 15.3. The number of benzene rings is 6. The fourth-order valence-electron chi connectivity index (χ4n) is 12.9. The largest absolute Gasteiger partial charge is 0.334 e. The molecule has 6 aromatic carbocycles. The van der Waals surface area contributed by atoms with E-state index in [-0.39, 0.29) is 39.3 Å². The lowest BCUT2D eigenvalue weighted by Gasteiger charge is -2.50. The van der Waals surface area contributed by atoms with Gasteiger partial charge in [-0.3, -0.25) is 4.98 Å². The molecule has 11 rings (SSSR count).